The van der Waals surface area contributed by atoms with Gasteiger partial charge in [0.25, 0.3) is 0 Å². The van der Waals surface area contributed by atoms with Crippen LogP contribution in [0.3, 0.4) is 0 Å². The lowest BCUT2D eigenvalue weighted by molar-refractivity contribution is 0.876. The number of aryl methyl sites for hydroxylation is 2. The highest BCUT2D eigenvalue weighted by Crippen LogP contribution is 2.27. The van der Waals surface area contributed by atoms with E-state index in [2.05, 4.69) is 41.4 Å². The number of thiophene rings is 1. The topological polar surface area (TPSA) is 63.8 Å². The molecule has 0 radical (unpaired) electrons. The SMILES string of the molecule is CCCc1cc(NN)nc(-c2ccc(CC)s2)n1. The Labute approximate surface area is 111 Å². The van der Waals surface area contributed by atoms with Crippen LogP contribution in [0.1, 0.15) is 30.8 Å². The molecule has 0 saturated carbocycles. The summed E-state index contributed by atoms with van der Waals surface area (Å²) in [6.45, 7) is 4.29. The summed E-state index contributed by atoms with van der Waals surface area (Å²) in [5, 5.41) is 0. The molecule has 0 aromatic carbocycles. The van der Waals surface area contributed by atoms with Crippen LogP contribution in [-0.2, 0) is 12.8 Å². The highest BCUT2D eigenvalue weighted by molar-refractivity contribution is 7.15. The number of hydrazine groups is 1. The molecular weight excluding hydrogens is 244 g/mol. The molecule has 0 bridgehead atoms. The first-order chi connectivity index (χ1) is 8.76. The molecule has 0 unspecified atom stereocenters. The smallest absolute Gasteiger partial charge is 0.171 e. The predicted molar refractivity (Wildman–Crippen MR) is 76.5 cm³/mol. The molecule has 96 valence electrons. The van der Waals surface area contributed by atoms with Crippen LogP contribution in [0.25, 0.3) is 10.7 Å². The summed E-state index contributed by atoms with van der Waals surface area (Å²) in [5.41, 5.74) is 3.64. The Morgan fingerprint density at radius 2 is 2.11 bits per heavy atom. The van der Waals surface area contributed by atoms with E-state index in [1.165, 1.54) is 4.88 Å². The summed E-state index contributed by atoms with van der Waals surface area (Å²) in [7, 11) is 0. The average molecular weight is 262 g/mol. The van der Waals surface area contributed by atoms with Crippen LogP contribution in [0.5, 0.6) is 0 Å². The molecule has 0 aliphatic heterocycles. The number of nitrogens with zero attached hydrogens (tertiary/aromatic N) is 2. The van der Waals surface area contributed by atoms with Gasteiger partial charge < -0.3 is 5.43 Å². The van der Waals surface area contributed by atoms with Crippen LogP contribution in [-0.4, -0.2) is 9.97 Å². The molecule has 18 heavy (non-hydrogen) atoms. The van der Waals surface area contributed by atoms with Gasteiger partial charge in [-0.15, -0.1) is 11.3 Å². The number of rotatable bonds is 5. The fraction of sp³-hybridized carbons (Fsp3) is 0.385. The fourth-order valence-electron chi connectivity index (χ4n) is 1.75. The van der Waals surface area contributed by atoms with E-state index in [1.54, 1.807) is 11.3 Å². The summed E-state index contributed by atoms with van der Waals surface area (Å²) >= 11 is 1.74. The molecular formula is C13H18N4S. The monoisotopic (exact) mass is 262 g/mol. The number of nitrogen functional groups attached to an aromatic ring is 1. The molecule has 0 amide bonds. The van der Waals surface area contributed by atoms with Gasteiger partial charge in [0.15, 0.2) is 5.82 Å². The van der Waals surface area contributed by atoms with Crippen molar-refractivity contribution in [1.29, 1.82) is 0 Å². The lowest BCUT2D eigenvalue weighted by Gasteiger charge is -2.05. The van der Waals surface area contributed by atoms with Crippen molar-refractivity contribution < 1.29 is 0 Å². The second-order valence-electron chi connectivity index (χ2n) is 4.08. The minimum Gasteiger partial charge on any atom is -0.308 e. The van der Waals surface area contributed by atoms with Crippen LogP contribution in [0, 0.1) is 0 Å². The number of aromatic nitrogens is 2. The molecule has 0 fully saturated rings. The third-order valence-electron chi connectivity index (χ3n) is 2.66. The standard InChI is InChI=1S/C13H18N4S/c1-3-5-9-8-12(17-14)16-13(15-9)11-7-6-10(4-2)18-11/h6-8H,3-5,14H2,1-2H3,(H,15,16,17). The highest BCUT2D eigenvalue weighted by Gasteiger charge is 2.08. The molecule has 2 aromatic heterocycles. The van der Waals surface area contributed by atoms with E-state index >= 15 is 0 Å². The highest BCUT2D eigenvalue weighted by atomic mass is 32.1. The van der Waals surface area contributed by atoms with Gasteiger partial charge in [-0.05, 0) is 25.0 Å². The van der Waals surface area contributed by atoms with E-state index in [4.69, 9.17) is 5.84 Å². The van der Waals surface area contributed by atoms with Crippen molar-refractivity contribution in [2.75, 3.05) is 5.43 Å². The molecule has 0 aliphatic carbocycles. The van der Waals surface area contributed by atoms with E-state index in [-0.39, 0.29) is 0 Å². The number of hydrogen-bond donors (Lipinski definition) is 2. The first-order valence-electron chi connectivity index (χ1n) is 6.20. The normalized spacial score (nSPS) is 10.6. The third kappa shape index (κ3) is 2.86. The maximum absolute atomic E-state index is 5.46. The minimum atomic E-state index is 0.676. The molecule has 2 aromatic rings. The maximum Gasteiger partial charge on any atom is 0.171 e. The van der Waals surface area contributed by atoms with Gasteiger partial charge in [0.2, 0.25) is 0 Å². The summed E-state index contributed by atoms with van der Waals surface area (Å²) in [6, 6.07) is 6.11. The van der Waals surface area contributed by atoms with Crippen molar-refractivity contribution >= 4 is 17.2 Å². The van der Waals surface area contributed by atoms with Gasteiger partial charge in [0.05, 0.1) is 4.88 Å². The Morgan fingerprint density at radius 3 is 2.72 bits per heavy atom. The van der Waals surface area contributed by atoms with Gasteiger partial charge in [-0.25, -0.2) is 15.8 Å². The van der Waals surface area contributed by atoms with Crippen molar-refractivity contribution in [3.63, 3.8) is 0 Å². The van der Waals surface area contributed by atoms with E-state index in [1.807, 2.05) is 6.07 Å². The summed E-state index contributed by atoms with van der Waals surface area (Å²) in [6.07, 6.45) is 3.04. The first kappa shape index (κ1) is 13.0. The molecule has 0 saturated heterocycles. The van der Waals surface area contributed by atoms with Gasteiger partial charge >= 0.3 is 0 Å². The second-order valence-corrected chi connectivity index (χ2v) is 5.25. The van der Waals surface area contributed by atoms with Crippen molar-refractivity contribution in [2.45, 2.75) is 33.1 Å². The first-order valence-corrected chi connectivity index (χ1v) is 7.02. The summed E-state index contributed by atoms with van der Waals surface area (Å²) in [5.74, 6) is 6.89. The van der Waals surface area contributed by atoms with Gasteiger partial charge in [-0.3, -0.25) is 0 Å². The van der Waals surface area contributed by atoms with Crippen molar-refractivity contribution in [2.24, 2.45) is 5.84 Å². The van der Waals surface area contributed by atoms with Crippen LogP contribution < -0.4 is 11.3 Å². The molecule has 4 nitrogen and oxygen atoms in total. The Bertz CT molecular complexity index is 521. The van der Waals surface area contributed by atoms with Crippen LogP contribution in [0.15, 0.2) is 18.2 Å². The van der Waals surface area contributed by atoms with Gasteiger partial charge in [0, 0.05) is 16.6 Å². The van der Waals surface area contributed by atoms with Crippen molar-refractivity contribution in [1.82, 2.24) is 9.97 Å². The molecule has 2 rings (SSSR count). The lowest BCUT2D eigenvalue weighted by atomic mass is 10.2. The minimum absolute atomic E-state index is 0.676. The number of hydrogen-bond acceptors (Lipinski definition) is 5. The molecule has 0 aliphatic rings. The van der Waals surface area contributed by atoms with Crippen LogP contribution >= 0.6 is 11.3 Å². The van der Waals surface area contributed by atoms with E-state index in [9.17, 15) is 0 Å². The molecule has 3 N–H and O–H groups in total. The second kappa shape index (κ2) is 5.93. The zero-order valence-corrected chi connectivity index (χ0v) is 11.5. The van der Waals surface area contributed by atoms with Crippen molar-refractivity contribution in [3.05, 3.63) is 28.8 Å². The lowest BCUT2D eigenvalue weighted by Crippen LogP contribution is -2.10. The molecule has 0 spiro atoms. The van der Waals surface area contributed by atoms with E-state index < -0.39 is 0 Å². The summed E-state index contributed by atoms with van der Waals surface area (Å²) in [4.78, 5) is 11.5. The quantitative estimate of drug-likeness (QED) is 0.642. The Balaban J connectivity index is 2.39. The zero-order chi connectivity index (χ0) is 13.0. The average Bonchev–Trinajstić information content (AvgIpc) is 2.87. The predicted octanol–water partition coefficient (Wildman–Crippen LogP) is 3.01. The zero-order valence-electron chi connectivity index (χ0n) is 10.7. The van der Waals surface area contributed by atoms with Crippen molar-refractivity contribution in [3.8, 4) is 10.7 Å². The Kier molecular flexibility index (Phi) is 4.28. The van der Waals surface area contributed by atoms with Crippen LogP contribution in [0.4, 0.5) is 5.82 Å². The van der Waals surface area contributed by atoms with E-state index in [0.29, 0.717) is 5.82 Å². The number of nitrogens with one attached hydrogen (secondary N) is 1. The van der Waals surface area contributed by atoms with Gasteiger partial charge in [-0.2, -0.15) is 0 Å². The van der Waals surface area contributed by atoms with E-state index in [0.717, 1.165) is 35.7 Å². The number of anilines is 1. The van der Waals surface area contributed by atoms with Crippen LogP contribution in [0.2, 0.25) is 0 Å². The summed E-state index contributed by atoms with van der Waals surface area (Å²) < 4.78 is 0. The largest absolute Gasteiger partial charge is 0.308 e. The Hall–Kier alpha value is -1.46. The fourth-order valence-corrected chi connectivity index (χ4v) is 2.64. The van der Waals surface area contributed by atoms with Gasteiger partial charge in [-0.1, -0.05) is 20.3 Å². The Morgan fingerprint density at radius 1 is 1.28 bits per heavy atom. The molecule has 0 atom stereocenters. The van der Waals surface area contributed by atoms with Gasteiger partial charge in [0.1, 0.15) is 5.82 Å². The molecule has 5 heteroatoms. The number of nitrogens with two attached hydrogens (primary N) is 1. The maximum atomic E-state index is 5.46. The third-order valence-corrected chi connectivity index (χ3v) is 3.89. The molecule has 2 heterocycles.